The Hall–Kier alpha value is -6.43. The van der Waals surface area contributed by atoms with Gasteiger partial charge in [-0.25, -0.2) is 34.9 Å². The van der Waals surface area contributed by atoms with Gasteiger partial charge in [0.25, 0.3) is 0 Å². The van der Waals surface area contributed by atoms with E-state index in [2.05, 4.69) is 253 Å². The third-order valence-corrected chi connectivity index (χ3v) is 26.0. The standard InChI is InChI=1S/C24H31P.C17H19BrN2.C11H14BrNO3.C9H8BrNO2.C8H16NO4.C8H11N.C7H8FN.C7H13O4.C5H3Br2N.C3H7.C2H7NO.ClH.Mg/c1-4-12-20(13-5-1)23-18-10-11-19-24(23)25(21-14-6-2-7-15-21)22-16-8-3-9-17-22;1-13(14-7-3-2-4-8-14)20-12-6-10-16(20)15-9-5-11-17(18)19-15;1-15-11(16-2)7-6-9(14)8-4-3-5-10(12)13-8;10-9-5-1-3-7(11-9)8(13)4-2-6-12;1-9(13-4)7(10)5-6-8(11-2)12-3;1-7(9)8-5-3-2-4-6-8;1-9-7-5-3-2-4-6(7)8;1-9-6(8)4-5-7(10-2)11-3;6-4-2-1-3-5(7)8-4;1-3-2;1-3-4-2;;/h1,4-5,10-13,18-19,21-22H,2-3,6-9,14-17H2;2-5,7-9,11,13,16H,6,10,12H2,1H3;3-5,11H,6-7H2,1-2H3;1,3,5-6H,2,4H2;8H,2,5-6H2,1,3-4H3;2-7H,9H2,1H3;2-5,9H,1H3;7H,2,4-5H2,1,3H3;1-3H;3H,1-2H3;3H,1-2H3;1H;/q;;;;+1;;;+1;;-1;;;+2/p-1/t;13-,16+;;;;7-;;;;;;;/m.1...1......./s1. The van der Waals surface area contributed by atoms with Crippen LogP contribution in [0.25, 0.3) is 11.1 Å². The summed E-state index contributed by atoms with van der Waals surface area (Å²) in [6.45, 7) is 9.43. The monoisotopic (exact) mass is 2200 g/mol. The number of rotatable bonds is 31. The van der Waals surface area contributed by atoms with E-state index in [4.69, 9.17) is 29.5 Å². The molecule has 3 aliphatic rings. The van der Waals surface area contributed by atoms with Gasteiger partial charge in [-0.15, -0.1) is 0 Å². The molecule has 23 nitrogen and oxygen atoms in total. The summed E-state index contributed by atoms with van der Waals surface area (Å²) in [6, 6.07) is 71.2. The zero-order chi connectivity index (χ0) is 96.9. The number of ether oxygens (including phenoxy) is 7. The number of amides is 1. The van der Waals surface area contributed by atoms with Crippen molar-refractivity contribution >= 4 is 151 Å². The van der Waals surface area contributed by atoms with E-state index in [1.165, 1.54) is 140 Å². The molecule has 0 bridgehead atoms. The number of Topliss-reactive ketones (excluding diaryl/α,β-unsaturated/α-hetero) is 2. The number of likely N-dealkylation sites (tertiary alicyclic amines) is 1. The van der Waals surface area contributed by atoms with E-state index in [1.54, 1.807) is 102 Å². The SMILES string of the molecule is Brc1cccc(Br)n1.CNOC.CNc1ccccc1F.COC(CCC(=O)c1cccc(Br)n1)OC.C[C@@H](N)c1ccccc1.C[C@H](c1ccccc1)N1CCC[C@H]1c1cccc(Br)n1.C[CH-]C.O=CCCC(=O)c1cccc(Br)n1.[CH2+]OC(CCC(=O)N(C)OC)OC.[CH2+]OC(CCC(=O)OC)OC.[Cl-].[Mg+2].c1ccc(-c2ccccc2P(C2CCCCC2)C2CCCCC2)cc1. The van der Waals surface area contributed by atoms with E-state index in [-0.39, 0.29) is 104 Å². The van der Waals surface area contributed by atoms with Crippen LogP contribution < -0.4 is 34.2 Å². The van der Waals surface area contributed by atoms with Gasteiger partial charge in [-0.2, -0.15) is 23.3 Å². The van der Waals surface area contributed by atoms with Crippen molar-refractivity contribution in [3.63, 3.8) is 0 Å². The number of esters is 1. The molecule has 4 aromatic heterocycles. The number of carbonyl (C=O) groups excluding carboxylic acids is 5. The second-order valence-corrected chi connectivity index (χ2v) is 36.3. The molecular weight excluding hydrogens is 2070 g/mol. The molecule has 12 rings (SSSR count). The summed E-state index contributed by atoms with van der Waals surface area (Å²) in [5.74, 6) is -0.723. The van der Waals surface area contributed by atoms with E-state index in [0.29, 0.717) is 70.5 Å². The molecule has 0 spiro atoms. The number of benzene rings is 5. The second-order valence-electron chi connectivity index (χ2n) is 29.5. The number of ketones is 2. The first kappa shape index (κ1) is 127. The van der Waals surface area contributed by atoms with Crippen molar-refractivity contribution in [3.8, 4) is 11.1 Å². The number of nitrogens with two attached hydrogens (primary N) is 1. The maximum atomic E-state index is 12.5. The molecule has 4 N–H and O–H groups in total. The van der Waals surface area contributed by atoms with E-state index in [9.17, 15) is 28.4 Å². The predicted molar refractivity (Wildman–Crippen MR) is 549 cm³/mol. The summed E-state index contributed by atoms with van der Waals surface area (Å²) in [5, 5.41) is 5.59. The fourth-order valence-electron chi connectivity index (χ4n) is 13.4. The van der Waals surface area contributed by atoms with Gasteiger partial charge in [-0.3, -0.25) is 28.9 Å². The summed E-state index contributed by atoms with van der Waals surface area (Å²) in [7, 11) is 21.8. The van der Waals surface area contributed by atoms with Crippen LogP contribution in [0.4, 0.5) is 10.1 Å². The average Bonchev–Trinajstić information content (AvgIpc) is 0.925. The number of hydroxylamine groups is 3. The van der Waals surface area contributed by atoms with Crippen molar-refractivity contribution in [1.29, 1.82) is 0 Å². The fourth-order valence-corrected chi connectivity index (χ4v) is 19.3. The molecule has 5 atom stereocenters. The van der Waals surface area contributed by atoms with Gasteiger partial charge in [0.15, 0.2) is 17.9 Å². The Morgan fingerprint density at radius 2 is 0.962 bits per heavy atom. The smallest absolute Gasteiger partial charge is 1.00 e. The summed E-state index contributed by atoms with van der Waals surface area (Å²) in [4.78, 5) is 83.1. The molecule has 0 radical (unpaired) electrons. The minimum atomic E-state index is -0.436. The maximum Gasteiger partial charge on any atom is 2.00 e. The molecule has 3 fully saturated rings. The molecule has 1 amide bonds. The molecule has 5 heterocycles. The predicted octanol–water partition coefficient (Wildman–Crippen LogP) is 21.4. The van der Waals surface area contributed by atoms with Gasteiger partial charge in [0.1, 0.15) is 46.5 Å². The van der Waals surface area contributed by atoms with Crippen molar-refractivity contribution in [2.75, 3.05) is 82.8 Å². The molecule has 133 heavy (non-hydrogen) atoms. The van der Waals surface area contributed by atoms with Crippen molar-refractivity contribution in [1.82, 2.24) is 35.4 Å². The molecule has 32 heteroatoms. The maximum absolute atomic E-state index is 12.5. The summed E-state index contributed by atoms with van der Waals surface area (Å²) in [5.41, 5.74) is 18.1. The van der Waals surface area contributed by atoms with Crippen LogP contribution in [0.5, 0.6) is 0 Å². The van der Waals surface area contributed by atoms with Gasteiger partial charge in [-0.1, -0.05) is 198 Å². The number of aromatic nitrogens is 4. The number of pyridine rings is 4. The van der Waals surface area contributed by atoms with Crippen LogP contribution in [-0.4, -0.2) is 190 Å². The molecule has 2 saturated carbocycles. The molecule has 2 unspecified atom stereocenters. The largest absolute Gasteiger partial charge is 2.00 e. The van der Waals surface area contributed by atoms with Gasteiger partial charge in [0.05, 0.1) is 45.2 Å². The number of carbonyl (C=O) groups is 5. The van der Waals surface area contributed by atoms with Crippen molar-refractivity contribution in [2.24, 2.45) is 5.73 Å². The normalized spacial score (nSPS) is 13.8. The number of methoxy groups -OCH3 is 5. The van der Waals surface area contributed by atoms with E-state index in [0.717, 1.165) is 43.0 Å². The van der Waals surface area contributed by atoms with Crippen LogP contribution in [0.15, 0.2) is 235 Å². The van der Waals surface area contributed by atoms with E-state index >= 15 is 0 Å². The number of hydrogen-bond acceptors (Lipinski definition) is 22. The number of halogens is 7. The Morgan fingerprint density at radius 3 is 1.37 bits per heavy atom. The van der Waals surface area contributed by atoms with Gasteiger partial charge < -0.3 is 63.2 Å². The average molecular weight is 2210 g/mol. The molecule has 1 saturated heterocycles. The Kier molecular flexibility index (Phi) is 75.6. The van der Waals surface area contributed by atoms with Gasteiger partial charge in [0.2, 0.25) is 32.7 Å². The number of para-hydroxylation sites is 1. The Labute approximate surface area is 857 Å². The van der Waals surface area contributed by atoms with Crippen LogP contribution >= 0.6 is 87.6 Å². The number of nitrogens with zero attached hydrogens (tertiary/aromatic N) is 6. The van der Waals surface area contributed by atoms with Crippen LogP contribution in [0.1, 0.15) is 212 Å². The minimum absolute atomic E-state index is 0. The minimum Gasteiger partial charge on any atom is -1.00 e. The van der Waals surface area contributed by atoms with E-state index < -0.39 is 12.6 Å². The van der Waals surface area contributed by atoms with Gasteiger partial charge >= 0.3 is 29.0 Å². The van der Waals surface area contributed by atoms with Crippen LogP contribution in [-0.2, 0) is 57.2 Å². The topological polar surface area (TPSA) is 277 Å². The Balaban J connectivity index is 0.00000149. The second kappa shape index (κ2) is 79.5. The molecular formula is C101H137Br5ClFMgN9O14P+2. The molecule has 724 valence electrons. The van der Waals surface area contributed by atoms with Crippen LogP contribution in [0.3, 0.4) is 0 Å². The molecule has 5 aromatic carbocycles. The number of hydrogen-bond donors (Lipinski definition) is 3. The first-order valence-corrected chi connectivity index (χ1v) is 49.1. The third kappa shape index (κ3) is 54.5. The number of anilines is 1. The summed E-state index contributed by atoms with van der Waals surface area (Å²) in [6.07, 6.45) is 21.5. The Bertz CT molecular complexity index is 4460. The fraction of sp³-hybridized carbons (Fsp3) is 0.426. The van der Waals surface area contributed by atoms with Crippen LogP contribution in [0.2, 0.25) is 0 Å². The molecule has 2 aliphatic carbocycles. The van der Waals surface area contributed by atoms with E-state index in [1.807, 2.05) is 81.8 Å². The molecule has 9 aromatic rings. The van der Waals surface area contributed by atoms with Gasteiger partial charge in [0, 0.05) is 107 Å². The van der Waals surface area contributed by atoms with Gasteiger partial charge in [-0.05, 0) is 238 Å². The summed E-state index contributed by atoms with van der Waals surface area (Å²) >= 11 is 16.3. The van der Waals surface area contributed by atoms with Crippen molar-refractivity contribution < 1.29 is 83.6 Å². The third-order valence-electron chi connectivity index (χ3n) is 20.3. The van der Waals surface area contributed by atoms with Crippen LogP contribution in [0, 0.1) is 26.5 Å². The first-order valence-electron chi connectivity index (χ1n) is 43.6. The zero-order valence-electron chi connectivity index (χ0n) is 79.5. The summed E-state index contributed by atoms with van der Waals surface area (Å²) < 4.78 is 49.8. The quantitative estimate of drug-likeness (QED) is 0.00419. The molecule has 1 aliphatic heterocycles. The Morgan fingerprint density at radius 1 is 0.541 bits per heavy atom. The number of nitrogens with one attached hydrogen (secondary N) is 2. The van der Waals surface area contributed by atoms with Crippen molar-refractivity contribution in [3.05, 3.63) is 290 Å². The number of aldehydes is 1. The zero-order valence-corrected chi connectivity index (χ0v) is 90.5. The first-order chi connectivity index (χ1) is 63.2. The van der Waals surface area contributed by atoms with Crippen molar-refractivity contribution in [2.45, 2.75) is 204 Å².